The summed E-state index contributed by atoms with van der Waals surface area (Å²) in [5, 5.41) is 22.2. The van der Waals surface area contributed by atoms with E-state index in [0.29, 0.717) is 0 Å². The first-order valence-electron chi connectivity index (χ1n) is 9.56. The van der Waals surface area contributed by atoms with Crippen LogP contribution < -0.4 is 5.32 Å². The number of nitrogens with one attached hydrogen (secondary N) is 1. The summed E-state index contributed by atoms with van der Waals surface area (Å²) in [4.78, 5) is 37.3. The Kier molecular flexibility index (Phi) is 5.28. The maximum Gasteiger partial charge on any atom is 0.338 e. The van der Waals surface area contributed by atoms with E-state index in [4.69, 9.17) is 4.74 Å². The molecule has 3 N–H and O–H groups in total. The first-order valence-corrected chi connectivity index (χ1v) is 9.56. The lowest BCUT2D eigenvalue weighted by Gasteiger charge is -2.22. The number of phenolic OH excluding ortho intramolecular Hbond substituents is 2. The van der Waals surface area contributed by atoms with Crippen LogP contribution in [0.4, 0.5) is 24.5 Å². The molecule has 1 aliphatic rings. The number of rotatable bonds is 4. The van der Waals surface area contributed by atoms with Gasteiger partial charge in [0, 0.05) is 5.69 Å². The number of ether oxygens (including phenoxy) is 1. The highest BCUT2D eigenvalue weighted by Crippen LogP contribution is 2.42. The number of halogens is 3. The van der Waals surface area contributed by atoms with Crippen molar-refractivity contribution >= 4 is 28.9 Å². The van der Waals surface area contributed by atoms with Crippen molar-refractivity contribution in [3.05, 3.63) is 81.7 Å². The van der Waals surface area contributed by atoms with E-state index in [-0.39, 0.29) is 17.9 Å². The number of carbonyl (C=O) groups excluding carboxylic acids is 3. The Morgan fingerprint density at radius 2 is 1.33 bits per heavy atom. The molecule has 0 saturated heterocycles. The van der Waals surface area contributed by atoms with E-state index in [1.165, 1.54) is 24.3 Å². The standard InChI is InChI=1S/C23H14F3NO6/c1-2-33-23(32)9-3-5-10(6-4-9)27-20-18(25)16-15(17(24)19(20)26)21(30)13-11(28)7-8-12(29)14(13)22(16)31/h3-8,27-29H,2H2,1H3. The smallest absolute Gasteiger partial charge is 0.338 e. The molecule has 33 heavy (non-hydrogen) atoms. The van der Waals surface area contributed by atoms with Gasteiger partial charge in [-0.3, -0.25) is 9.59 Å². The SMILES string of the molecule is CCOC(=O)c1ccc(Nc2c(F)c(F)c3c(c2F)C(=O)c2c(O)ccc(O)c2C3=O)cc1. The summed E-state index contributed by atoms with van der Waals surface area (Å²) in [6, 6.07) is 6.95. The van der Waals surface area contributed by atoms with Crippen molar-refractivity contribution in [2.75, 3.05) is 11.9 Å². The fourth-order valence-electron chi connectivity index (χ4n) is 3.54. The first kappa shape index (κ1) is 21.9. The number of anilines is 2. The van der Waals surface area contributed by atoms with E-state index in [1.807, 2.05) is 0 Å². The molecule has 0 aliphatic heterocycles. The molecule has 0 radical (unpaired) electrons. The quantitative estimate of drug-likeness (QED) is 0.239. The second kappa shape index (κ2) is 7.97. The molecule has 0 amide bonds. The minimum absolute atomic E-state index is 0.0377. The molecule has 7 nitrogen and oxygen atoms in total. The predicted octanol–water partition coefficient (Wildman–Crippen LogP) is 4.21. The number of benzene rings is 3. The number of fused-ring (bicyclic) bond motifs is 2. The summed E-state index contributed by atoms with van der Waals surface area (Å²) in [5.41, 5.74) is -4.60. The fraction of sp³-hybridized carbons (Fsp3) is 0.0870. The number of phenols is 2. The molecule has 3 aromatic rings. The van der Waals surface area contributed by atoms with Crippen LogP contribution >= 0.6 is 0 Å². The lowest BCUT2D eigenvalue weighted by atomic mass is 9.82. The number of hydrogen-bond acceptors (Lipinski definition) is 7. The Bertz CT molecular complexity index is 1350. The Balaban J connectivity index is 1.82. The molecule has 1 aliphatic carbocycles. The van der Waals surface area contributed by atoms with Gasteiger partial charge in [-0.2, -0.15) is 0 Å². The highest BCUT2D eigenvalue weighted by Gasteiger charge is 2.41. The Labute approximate surface area is 184 Å². The molecule has 0 saturated carbocycles. The van der Waals surface area contributed by atoms with Crippen LogP contribution in [0.3, 0.4) is 0 Å². The van der Waals surface area contributed by atoms with Gasteiger partial charge in [0.1, 0.15) is 17.2 Å². The average molecular weight is 457 g/mol. The summed E-state index contributed by atoms with van der Waals surface area (Å²) >= 11 is 0. The minimum atomic E-state index is -1.80. The van der Waals surface area contributed by atoms with E-state index in [1.54, 1.807) is 6.92 Å². The van der Waals surface area contributed by atoms with Crippen molar-refractivity contribution < 1.29 is 42.5 Å². The van der Waals surface area contributed by atoms with Crippen LogP contribution in [0.5, 0.6) is 11.5 Å². The van der Waals surface area contributed by atoms with Gasteiger partial charge in [-0.25, -0.2) is 18.0 Å². The molecule has 3 aromatic carbocycles. The van der Waals surface area contributed by atoms with Crippen LogP contribution in [0, 0.1) is 17.5 Å². The topological polar surface area (TPSA) is 113 Å². The number of esters is 1. The summed E-state index contributed by atoms with van der Waals surface area (Å²) in [6.07, 6.45) is 0. The van der Waals surface area contributed by atoms with Gasteiger partial charge in [-0.05, 0) is 43.3 Å². The first-order chi connectivity index (χ1) is 15.7. The third kappa shape index (κ3) is 3.36. The number of hydrogen-bond donors (Lipinski definition) is 3. The highest BCUT2D eigenvalue weighted by molar-refractivity contribution is 6.30. The van der Waals surface area contributed by atoms with Crippen molar-refractivity contribution in [2.24, 2.45) is 0 Å². The summed E-state index contributed by atoms with van der Waals surface area (Å²) in [7, 11) is 0. The maximum absolute atomic E-state index is 15.3. The predicted molar refractivity (Wildman–Crippen MR) is 109 cm³/mol. The van der Waals surface area contributed by atoms with E-state index in [9.17, 15) is 33.4 Å². The molecular formula is C23H14F3NO6. The Morgan fingerprint density at radius 1 is 0.818 bits per heavy atom. The van der Waals surface area contributed by atoms with Crippen molar-refractivity contribution in [3.8, 4) is 11.5 Å². The van der Waals surface area contributed by atoms with Gasteiger partial charge >= 0.3 is 5.97 Å². The van der Waals surface area contributed by atoms with Crippen LogP contribution in [0.1, 0.15) is 49.1 Å². The van der Waals surface area contributed by atoms with E-state index < -0.39 is 74.4 Å². The molecule has 0 atom stereocenters. The monoisotopic (exact) mass is 457 g/mol. The Morgan fingerprint density at radius 3 is 1.85 bits per heavy atom. The number of aromatic hydroxyl groups is 2. The van der Waals surface area contributed by atoms with E-state index in [0.717, 1.165) is 12.1 Å². The zero-order valence-electron chi connectivity index (χ0n) is 16.8. The van der Waals surface area contributed by atoms with Gasteiger partial charge in [0.05, 0.1) is 34.4 Å². The van der Waals surface area contributed by atoms with Crippen LogP contribution in [-0.2, 0) is 4.74 Å². The third-order valence-corrected chi connectivity index (χ3v) is 5.06. The van der Waals surface area contributed by atoms with Crippen LogP contribution in [0.2, 0.25) is 0 Å². The van der Waals surface area contributed by atoms with Crippen molar-refractivity contribution in [1.29, 1.82) is 0 Å². The minimum Gasteiger partial charge on any atom is -0.507 e. The summed E-state index contributed by atoms with van der Waals surface area (Å²) < 4.78 is 49.8. The molecule has 0 spiro atoms. The maximum atomic E-state index is 15.3. The lowest BCUT2D eigenvalue weighted by Crippen LogP contribution is -2.26. The zero-order valence-corrected chi connectivity index (χ0v) is 16.8. The second-order valence-electron chi connectivity index (χ2n) is 7.00. The number of carbonyl (C=O) groups is 3. The zero-order chi connectivity index (χ0) is 24.0. The molecule has 10 heteroatoms. The van der Waals surface area contributed by atoms with Gasteiger partial charge in [0.25, 0.3) is 0 Å². The molecule has 0 aromatic heterocycles. The number of ketones is 2. The molecular weight excluding hydrogens is 443 g/mol. The third-order valence-electron chi connectivity index (χ3n) is 5.06. The molecule has 0 heterocycles. The van der Waals surface area contributed by atoms with Crippen molar-refractivity contribution in [1.82, 2.24) is 0 Å². The molecule has 0 fully saturated rings. The average Bonchev–Trinajstić information content (AvgIpc) is 2.79. The molecule has 0 bridgehead atoms. The normalized spacial score (nSPS) is 12.2. The second-order valence-corrected chi connectivity index (χ2v) is 7.00. The largest absolute Gasteiger partial charge is 0.507 e. The van der Waals surface area contributed by atoms with Gasteiger partial charge < -0.3 is 20.3 Å². The van der Waals surface area contributed by atoms with Crippen molar-refractivity contribution in [3.63, 3.8) is 0 Å². The van der Waals surface area contributed by atoms with Gasteiger partial charge in [-0.15, -0.1) is 0 Å². The van der Waals surface area contributed by atoms with Crippen molar-refractivity contribution in [2.45, 2.75) is 6.92 Å². The lowest BCUT2D eigenvalue weighted by molar-refractivity contribution is 0.0526. The molecule has 0 unspecified atom stereocenters. The van der Waals surface area contributed by atoms with Crippen LogP contribution in [0.15, 0.2) is 36.4 Å². The molecule has 4 rings (SSSR count). The van der Waals surface area contributed by atoms with Gasteiger partial charge in [0.15, 0.2) is 17.5 Å². The highest BCUT2D eigenvalue weighted by atomic mass is 19.2. The fourth-order valence-corrected chi connectivity index (χ4v) is 3.54. The molecule has 168 valence electrons. The Hall–Kier alpha value is -4.34. The van der Waals surface area contributed by atoms with Crippen LogP contribution in [0.25, 0.3) is 0 Å². The van der Waals surface area contributed by atoms with Gasteiger partial charge in [0.2, 0.25) is 11.6 Å². The van der Waals surface area contributed by atoms with Crippen LogP contribution in [-0.4, -0.2) is 34.4 Å². The van der Waals surface area contributed by atoms with Gasteiger partial charge in [-0.1, -0.05) is 0 Å². The van der Waals surface area contributed by atoms with E-state index in [2.05, 4.69) is 5.32 Å². The summed E-state index contributed by atoms with van der Waals surface area (Å²) in [5.74, 6) is -9.90. The van der Waals surface area contributed by atoms with E-state index >= 15 is 4.39 Å². The summed E-state index contributed by atoms with van der Waals surface area (Å²) in [6.45, 7) is 1.77.